The lowest BCUT2D eigenvalue weighted by Gasteiger charge is -2.36. The second kappa shape index (κ2) is 7.43. The molecule has 1 aromatic heterocycles. The topological polar surface area (TPSA) is 98.4 Å². The molecule has 0 aromatic carbocycles. The molecule has 2 bridgehead atoms. The highest BCUT2D eigenvalue weighted by Crippen LogP contribution is 2.29. The first-order valence-electron chi connectivity index (χ1n) is 8.77. The van der Waals surface area contributed by atoms with Crippen molar-refractivity contribution >= 4 is 15.9 Å². The van der Waals surface area contributed by atoms with Crippen molar-refractivity contribution in [3.05, 3.63) is 17.7 Å². The molecule has 0 unspecified atom stereocenters. The van der Waals surface area contributed by atoms with E-state index < -0.39 is 10.0 Å². The average molecular weight is 369 g/mol. The number of H-pyrrole nitrogens is 1. The van der Waals surface area contributed by atoms with Crippen LogP contribution in [0.25, 0.3) is 0 Å². The number of hydrogen-bond acceptors (Lipinski definition) is 5. The zero-order valence-corrected chi connectivity index (χ0v) is 15.7. The minimum Gasteiger partial charge on any atom is -0.348 e. The molecule has 9 heteroatoms. The lowest BCUT2D eigenvalue weighted by molar-refractivity contribution is -0.135. The summed E-state index contributed by atoms with van der Waals surface area (Å²) in [6.45, 7) is 5.61. The molecule has 3 aliphatic rings. The third-order valence-corrected chi connectivity index (χ3v) is 5.85. The summed E-state index contributed by atoms with van der Waals surface area (Å²) in [5.41, 5.74) is 2.16. The SMILES string of the molecule is Cc1[nH]cnc1CN1C[C@@H]2CC[C@H](C1)N(C(=O)CCNS(C)(=O)=O)C2. The molecule has 0 spiro atoms. The molecule has 140 valence electrons. The molecule has 1 amide bonds. The summed E-state index contributed by atoms with van der Waals surface area (Å²) in [6.07, 6.45) is 5.22. The molecule has 2 atom stereocenters. The van der Waals surface area contributed by atoms with Gasteiger partial charge in [-0.25, -0.2) is 18.1 Å². The standard InChI is InChI=1S/C16H27N5O3S/c1-12-15(18-11-17-12)10-20-7-13-3-4-14(9-20)21(8-13)16(22)5-6-19-25(2,23)24/h11,13-14,19H,3-10H2,1-2H3,(H,17,18)/t13-,14+/m0/s1. The molecule has 8 nitrogen and oxygen atoms in total. The fourth-order valence-corrected chi connectivity index (χ4v) is 4.33. The van der Waals surface area contributed by atoms with Crippen LogP contribution in [0.5, 0.6) is 0 Å². The maximum atomic E-state index is 12.6. The fraction of sp³-hybridized carbons (Fsp3) is 0.750. The molecule has 25 heavy (non-hydrogen) atoms. The molecule has 0 radical (unpaired) electrons. The number of aromatic nitrogens is 2. The fourth-order valence-electron chi connectivity index (χ4n) is 3.86. The maximum Gasteiger partial charge on any atom is 0.224 e. The molecule has 3 aliphatic heterocycles. The number of nitrogens with one attached hydrogen (secondary N) is 2. The quantitative estimate of drug-likeness (QED) is 0.740. The largest absolute Gasteiger partial charge is 0.348 e. The summed E-state index contributed by atoms with van der Waals surface area (Å²) in [4.78, 5) is 24.4. The van der Waals surface area contributed by atoms with Crippen molar-refractivity contribution in [2.24, 2.45) is 5.92 Å². The summed E-state index contributed by atoms with van der Waals surface area (Å²) >= 11 is 0. The maximum absolute atomic E-state index is 12.6. The molecule has 3 saturated heterocycles. The monoisotopic (exact) mass is 369 g/mol. The van der Waals surface area contributed by atoms with Gasteiger partial charge in [-0.15, -0.1) is 0 Å². The van der Waals surface area contributed by atoms with Gasteiger partial charge in [-0.2, -0.15) is 0 Å². The molecule has 0 aliphatic carbocycles. The Balaban J connectivity index is 1.59. The second-order valence-corrected chi connectivity index (χ2v) is 9.06. The normalized spacial score (nSPS) is 24.5. The van der Waals surface area contributed by atoms with Gasteiger partial charge in [-0.1, -0.05) is 0 Å². The van der Waals surface area contributed by atoms with E-state index in [0.29, 0.717) is 5.92 Å². The number of imidazole rings is 1. The van der Waals surface area contributed by atoms with Gasteiger partial charge in [0.15, 0.2) is 0 Å². The first kappa shape index (κ1) is 18.3. The van der Waals surface area contributed by atoms with Gasteiger partial charge < -0.3 is 9.88 Å². The number of sulfonamides is 1. The van der Waals surface area contributed by atoms with Crippen LogP contribution in [0.2, 0.25) is 0 Å². The van der Waals surface area contributed by atoms with Gasteiger partial charge in [0.05, 0.1) is 18.3 Å². The number of amides is 1. The Morgan fingerprint density at radius 1 is 1.36 bits per heavy atom. The molecule has 3 fully saturated rings. The van der Waals surface area contributed by atoms with Crippen LogP contribution in [0, 0.1) is 12.8 Å². The Hall–Kier alpha value is -1.45. The summed E-state index contributed by atoms with van der Waals surface area (Å²) in [5.74, 6) is 0.522. The highest BCUT2D eigenvalue weighted by molar-refractivity contribution is 7.88. The van der Waals surface area contributed by atoms with Crippen molar-refractivity contribution in [2.45, 2.75) is 38.8 Å². The van der Waals surface area contributed by atoms with Gasteiger partial charge in [0.2, 0.25) is 15.9 Å². The number of fused-ring (bicyclic) bond motifs is 4. The van der Waals surface area contributed by atoms with Crippen LogP contribution < -0.4 is 4.72 Å². The number of piperidine rings is 1. The lowest BCUT2D eigenvalue weighted by atomic mass is 9.95. The van der Waals surface area contributed by atoms with Gasteiger partial charge in [0.25, 0.3) is 0 Å². The number of nitrogens with zero attached hydrogens (tertiary/aromatic N) is 3. The van der Waals surface area contributed by atoms with E-state index in [4.69, 9.17) is 0 Å². The molecular weight excluding hydrogens is 342 g/mol. The van der Waals surface area contributed by atoms with E-state index in [1.165, 1.54) is 0 Å². The van der Waals surface area contributed by atoms with E-state index in [-0.39, 0.29) is 24.9 Å². The van der Waals surface area contributed by atoms with Crippen molar-refractivity contribution in [1.29, 1.82) is 0 Å². The highest BCUT2D eigenvalue weighted by atomic mass is 32.2. The Morgan fingerprint density at radius 2 is 2.16 bits per heavy atom. The second-order valence-electron chi connectivity index (χ2n) is 7.23. The van der Waals surface area contributed by atoms with Crippen LogP contribution >= 0.6 is 0 Å². The van der Waals surface area contributed by atoms with Crippen LogP contribution in [0.1, 0.15) is 30.7 Å². The highest BCUT2D eigenvalue weighted by Gasteiger charge is 2.37. The number of rotatable bonds is 6. The molecule has 2 N–H and O–H groups in total. The summed E-state index contributed by atoms with van der Waals surface area (Å²) in [7, 11) is -3.25. The first-order chi connectivity index (χ1) is 11.8. The van der Waals surface area contributed by atoms with E-state index in [9.17, 15) is 13.2 Å². The molecule has 4 heterocycles. The van der Waals surface area contributed by atoms with Gasteiger partial charge in [-0.05, 0) is 25.7 Å². The van der Waals surface area contributed by atoms with Crippen LogP contribution in [0.3, 0.4) is 0 Å². The van der Waals surface area contributed by atoms with E-state index in [0.717, 1.165) is 56.7 Å². The number of aromatic amines is 1. The van der Waals surface area contributed by atoms with Crippen LogP contribution in [-0.4, -0.2) is 72.6 Å². The van der Waals surface area contributed by atoms with Crippen molar-refractivity contribution < 1.29 is 13.2 Å². The summed E-state index contributed by atoms with van der Waals surface area (Å²) < 4.78 is 24.7. The average Bonchev–Trinajstić information content (AvgIpc) is 2.74. The molecular formula is C16H27N5O3S. The number of hydrogen-bond donors (Lipinski definition) is 2. The number of aryl methyl sites for hydroxylation is 1. The van der Waals surface area contributed by atoms with Gasteiger partial charge in [0.1, 0.15) is 0 Å². The zero-order valence-electron chi connectivity index (χ0n) is 14.9. The Bertz CT molecular complexity index is 717. The minimum atomic E-state index is -3.25. The van der Waals surface area contributed by atoms with Crippen molar-refractivity contribution in [3.8, 4) is 0 Å². The Morgan fingerprint density at radius 3 is 2.84 bits per heavy atom. The van der Waals surface area contributed by atoms with E-state index in [1.807, 2.05) is 11.8 Å². The lowest BCUT2D eigenvalue weighted by Crippen LogP contribution is -2.48. The molecule has 4 rings (SSSR count). The van der Waals surface area contributed by atoms with Crippen molar-refractivity contribution in [3.63, 3.8) is 0 Å². The van der Waals surface area contributed by atoms with E-state index in [2.05, 4.69) is 19.6 Å². The molecule has 0 saturated carbocycles. The van der Waals surface area contributed by atoms with Gasteiger partial charge in [-0.3, -0.25) is 9.69 Å². The van der Waals surface area contributed by atoms with E-state index >= 15 is 0 Å². The minimum absolute atomic E-state index is 0.0450. The van der Waals surface area contributed by atoms with Gasteiger partial charge in [0, 0.05) is 50.9 Å². The van der Waals surface area contributed by atoms with Crippen LogP contribution in [0.15, 0.2) is 6.33 Å². The smallest absolute Gasteiger partial charge is 0.224 e. The van der Waals surface area contributed by atoms with E-state index in [1.54, 1.807) is 6.33 Å². The summed E-state index contributed by atoms with van der Waals surface area (Å²) in [6, 6.07) is 0.212. The first-order valence-corrected chi connectivity index (χ1v) is 10.7. The molecule has 1 aromatic rings. The Kier molecular flexibility index (Phi) is 5.45. The van der Waals surface area contributed by atoms with Crippen LogP contribution in [-0.2, 0) is 21.4 Å². The van der Waals surface area contributed by atoms with Crippen molar-refractivity contribution in [1.82, 2.24) is 24.5 Å². The summed E-state index contributed by atoms with van der Waals surface area (Å²) in [5, 5.41) is 0. The van der Waals surface area contributed by atoms with Crippen LogP contribution in [0.4, 0.5) is 0 Å². The predicted octanol–water partition coefficient (Wildman–Crippen LogP) is 0.0802. The number of carbonyl (C=O) groups excluding carboxylic acids is 1. The predicted molar refractivity (Wildman–Crippen MR) is 94.3 cm³/mol. The third kappa shape index (κ3) is 4.80. The Labute approximate surface area is 149 Å². The van der Waals surface area contributed by atoms with Gasteiger partial charge >= 0.3 is 0 Å². The third-order valence-electron chi connectivity index (χ3n) is 5.12. The zero-order chi connectivity index (χ0) is 18.0. The van der Waals surface area contributed by atoms with Crippen molar-refractivity contribution in [2.75, 3.05) is 32.4 Å². The number of carbonyl (C=O) groups is 1.